The largest absolute Gasteiger partial charge is 0.366 e. The Kier molecular flexibility index (Phi) is 2.52. The van der Waals surface area contributed by atoms with Crippen LogP contribution in [-0.4, -0.2) is 15.9 Å². The lowest BCUT2D eigenvalue weighted by atomic mass is 10.0. The third kappa shape index (κ3) is 1.95. The number of hydrogen-bond donors (Lipinski definition) is 2. The van der Waals surface area contributed by atoms with Crippen LogP contribution in [0.2, 0.25) is 0 Å². The van der Waals surface area contributed by atoms with Crippen molar-refractivity contribution in [3.8, 4) is 11.1 Å². The number of halogens is 1. The summed E-state index contributed by atoms with van der Waals surface area (Å²) in [5.41, 5.74) is 7.83. The number of nitrogens with zero attached hydrogens (tertiary/aromatic N) is 1. The first kappa shape index (κ1) is 11.4. The molecule has 0 radical (unpaired) electrons. The van der Waals surface area contributed by atoms with Crippen molar-refractivity contribution in [3.63, 3.8) is 0 Å². The predicted octanol–water partition coefficient (Wildman–Crippen LogP) is 2.47. The van der Waals surface area contributed by atoms with E-state index < -0.39 is 11.7 Å². The molecular formula is C14H10FN3O. The Morgan fingerprint density at radius 1 is 1.32 bits per heavy atom. The highest BCUT2D eigenvalue weighted by Gasteiger charge is 2.09. The van der Waals surface area contributed by atoms with Crippen LogP contribution in [0.25, 0.3) is 22.2 Å². The van der Waals surface area contributed by atoms with Gasteiger partial charge in [0.2, 0.25) is 5.91 Å². The molecule has 3 N–H and O–H groups in total. The standard InChI is InChI=1S/C14H10FN3O/c15-10-5-11-12(7-18-14(11)17-6-10)8-2-1-3-9(4-8)13(16)19/h1-7H,(H2,16,19)(H,17,18). The van der Waals surface area contributed by atoms with Crippen LogP contribution in [0, 0.1) is 5.82 Å². The average molecular weight is 255 g/mol. The number of pyridine rings is 1. The molecule has 2 aromatic heterocycles. The molecule has 0 bridgehead atoms. The van der Waals surface area contributed by atoms with Crippen LogP contribution in [0.1, 0.15) is 10.4 Å². The lowest BCUT2D eigenvalue weighted by molar-refractivity contribution is 0.100. The summed E-state index contributed by atoms with van der Waals surface area (Å²) in [6, 6.07) is 8.29. The van der Waals surface area contributed by atoms with Gasteiger partial charge in [0.15, 0.2) is 0 Å². The SMILES string of the molecule is NC(=O)c1cccc(-c2c[nH]c3ncc(F)cc23)c1. The second-order valence-corrected chi connectivity index (χ2v) is 4.20. The van der Waals surface area contributed by atoms with E-state index in [-0.39, 0.29) is 0 Å². The van der Waals surface area contributed by atoms with E-state index in [1.165, 1.54) is 6.07 Å². The van der Waals surface area contributed by atoms with E-state index in [0.29, 0.717) is 16.6 Å². The van der Waals surface area contributed by atoms with E-state index in [1.807, 2.05) is 6.07 Å². The number of nitrogens with one attached hydrogen (secondary N) is 1. The van der Waals surface area contributed by atoms with Gasteiger partial charge in [0, 0.05) is 22.7 Å². The third-order valence-corrected chi connectivity index (χ3v) is 2.96. The molecule has 1 amide bonds. The van der Waals surface area contributed by atoms with Crippen LogP contribution < -0.4 is 5.73 Å². The number of aromatic amines is 1. The number of carbonyl (C=O) groups is 1. The van der Waals surface area contributed by atoms with E-state index >= 15 is 0 Å². The number of benzene rings is 1. The average Bonchev–Trinajstić information content (AvgIpc) is 2.81. The summed E-state index contributed by atoms with van der Waals surface area (Å²) >= 11 is 0. The zero-order valence-electron chi connectivity index (χ0n) is 9.85. The van der Waals surface area contributed by atoms with Crippen molar-refractivity contribution < 1.29 is 9.18 Å². The summed E-state index contributed by atoms with van der Waals surface area (Å²) < 4.78 is 13.3. The number of nitrogens with two attached hydrogens (primary N) is 1. The summed E-state index contributed by atoms with van der Waals surface area (Å²) in [6.45, 7) is 0. The van der Waals surface area contributed by atoms with Crippen molar-refractivity contribution >= 4 is 16.9 Å². The van der Waals surface area contributed by atoms with Crippen molar-refractivity contribution in [3.05, 3.63) is 54.1 Å². The fourth-order valence-electron chi connectivity index (χ4n) is 2.06. The van der Waals surface area contributed by atoms with Crippen molar-refractivity contribution in [1.29, 1.82) is 0 Å². The highest BCUT2D eigenvalue weighted by Crippen LogP contribution is 2.28. The molecule has 3 aromatic rings. The normalized spacial score (nSPS) is 10.8. The first-order valence-corrected chi connectivity index (χ1v) is 5.68. The smallest absolute Gasteiger partial charge is 0.248 e. The molecule has 0 saturated heterocycles. The molecule has 0 fully saturated rings. The van der Waals surface area contributed by atoms with Gasteiger partial charge in [-0.25, -0.2) is 9.37 Å². The van der Waals surface area contributed by atoms with E-state index in [4.69, 9.17) is 5.73 Å². The van der Waals surface area contributed by atoms with Gasteiger partial charge in [-0.1, -0.05) is 12.1 Å². The first-order chi connectivity index (χ1) is 9.15. The van der Waals surface area contributed by atoms with Gasteiger partial charge >= 0.3 is 0 Å². The quantitative estimate of drug-likeness (QED) is 0.738. The topological polar surface area (TPSA) is 71.8 Å². The number of carbonyl (C=O) groups excluding carboxylic acids is 1. The van der Waals surface area contributed by atoms with Gasteiger partial charge in [-0.3, -0.25) is 4.79 Å². The number of hydrogen-bond acceptors (Lipinski definition) is 2. The zero-order valence-corrected chi connectivity index (χ0v) is 9.85. The van der Waals surface area contributed by atoms with Gasteiger partial charge in [0.25, 0.3) is 0 Å². The second kappa shape index (κ2) is 4.20. The molecule has 0 aliphatic heterocycles. The number of primary amides is 1. The highest BCUT2D eigenvalue weighted by atomic mass is 19.1. The van der Waals surface area contributed by atoms with Gasteiger partial charge in [-0.05, 0) is 23.8 Å². The molecule has 0 atom stereocenters. The lowest BCUT2D eigenvalue weighted by Gasteiger charge is -2.02. The number of aromatic nitrogens is 2. The van der Waals surface area contributed by atoms with Gasteiger partial charge in [-0.15, -0.1) is 0 Å². The van der Waals surface area contributed by atoms with Crippen molar-refractivity contribution in [2.24, 2.45) is 5.73 Å². The number of fused-ring (bicyclic) bond motifs is 1. The maximum atomic E-state index is 13.3. The molecular weight excluding hydrogens is 245 g/mol. The van der Waals surface area contributed by atoms with Gasteiger partial charge in [0.1, 0.15) is 11.5 Å². The molecule has 2 heterocycles. The fourth-order valence-corrected chi connectivity index (χ4v) is 2.06. The maximum absolute atomic E-state index is 13.3. The van der Waals surface area contributed by atoms with Crippen molar-refractivity contribution in [2.45, 2.75) is 0 Å². The molecule has 0 spiro atoms. The summed E-state index contributed by atoms with van der Waals surface area (Å²) in [7, 11) is 0. The van der Waals surface area contributed by atoms with Gasteiger partial charge in [0.05, 0.1) is 6.20 Å². The maximum Gasteiger partial charge on any atom is 0.248 e. The molecule has 0 aliphatic carbocycles. The van der Waals surface area contributed by atoms with E-state index in [2.05, 4.69) is 9.97 Å². The van der Waals surface area contributed by atoms with E-state index in [9.17, 15) is 9.18 Å². The predicted molar refractivity (Wildman–Crippen MR) is 70.0 cm³/mol. The monoisotopic (exact) mass is 255 g/mol. The fraction of sp³-hybridized carbons (Fsp3) is 0. The Labute approximate surface area is 108 Å². The molecule has 5 heteroatoms. The van der Waals surface area contributed by atoms with E-state index in [0.717, 1.165) is 17.3 Å². The van der Waals surface area contributed by atoms with Crippen molar-refractivity contribution in [2.75, 3.05) is 0 Å². The Balaban J connectivity index is 2.21. The summed E-state index contributed by atoms with van der Waals surface area (Å²) in [5.74, 6) is -0.898. The van der Waals surface area contributed by atoms with Crippen LogP contribution in [-0.2, 0) is 0 Å². The van der Waals surface area contributed by atoms with Gasteiger partial charge < -0.3 is 10.7 Å². The second-order valence-electron chi connectivity index (χ2n) is 4.20. The molecule has 0 aliphatic rings. The Morgan fingerprint density at radius 2 is 2.16 bits per heavy atom. The minimum absolute atomic E-state index is 0.403. The summed E-state index contributed by atoms with van der Waals surface area (Å²) in [4.78, 5) is 18.1. The minimum atomic E-state index is -0.494. The van der Waals surface area contributed by atoms with Crippen LogP contribution in [0.15, 0.2) is 42.7 Å². The van der Waals surface area contributed by atoms with Crippen LogP contribution in [0.3, 0.4) is 0 Å². The minimum Gasteiger partial charge on any atom is -0.366 e. The molecule has 0 saturated carbocycles. The molecule has 3 rings (SSSR count). The number of rotatable bonds is 2. The van der Waals surface area contributed by atoms with E-state index in [1.54, 1.807) is 24.4 Å². The third-order valence-electron chi connectivity index (χ3n) is 2.96. The molecule has 4 nitrogen and oxygen atoms in total. The van der Waals surface area contributed by atoms with Crippen LogP contribution in [0.4, 0.5) is 4.39 Å². The van der Waals surface area contributed by atoms with Gasteiger partial charge in [-0.2, -0.15) is 0 Å². The van der Waals surface area contributed by atoms with Crippen LogP contribution in [0.5, 0.6) is 0 Å². The Bertz CT molecular complexity index is 779. The Morgan fingerprint density at radius 3 is 2.95 bits per heavy atom. The molecule has 1 aromatic carbocycles. The van der Waals surface area contributed by atoms with Crippen LogP contribution >= 0.6 is 0 Å². The Hall–Kier alpha value is -2.69. The highest BCUT2D eigenvalue weighted by molar-refractivity contribution is 5.97. The molecule has 19 heavy (non-hydrogen) atoms. The zero-order chi connectivity index (χ0) is 13.4. The summed E-state index contributed by atoms with van der Waals surface area (Å²) in [5, 5.41) is 0.668. The molecule has 0 unspecified atom stereocenters. The number of H-pyrrole nitrogens is 1. The first-order valence-electron chi connectivity index (χ1n) is 5.68. The molecule has 94 valence electrons. The number of amides is 1. The van der Waals surface area contributed by atoms with Crippen molar-refractivity contribution in [1.82, 2.24) is 9.97 Å². The lowest BCUT2D eigenvalue weighted by Crippen LogP contribution is -2.10. The summed E-state index contributed by atoms with van der Waals surface area (Å²) in [6.07, 6.45) is 2.89.